The minimum Gasteiger partial charge on any atom is -0.376 e. The van der Waals surface area contributed by atoms with Crippen molar-refractivity contribution in [2.24, 2.45) is 5.84 Å². The zero-order valence-electron chi connectivity index (χ0n) is 10.6. The van der Waals surface area contributed by atoms with Crippen LogP contribution < -0.4 is 11.3 Å². The van der Waals surface area contributed by atoms with Gasteiger partial charge >= 0.3 is 0 Å². The van der Waals surface area contributed by atoms with E-state index in [0.29, 0.717) is 19.8 Å². The quantitative estimate of drug-likeness (QED) is 0.639. The Bertz CT molecular complexity index is 555. The van der Waals surface area contributed by atoms with Gasteiger partial charge in [-0.2, -0.15) is 0 Å². The van der Waals surface area contributed by atoms with E-state index >= 15 is 0 Å². The molecule has 0 spiro atoms. The number of hydrazine groups is 1. The van der Waals surface area contributed by atoms with E-state index in [1.54, 1.807) is 6.20 Å². The SMILES string of the molecule is NNC(c1ccc2cccnc2c1)C1COCCO1. The molecule has 2 heterocycles. The standard InChI is InChI=1S/C14H17N3O2/c15-17-14(13-9-18-6-7-19-13)11-4-3-10-2-1-5-16-12(10)8-11/h1-5,8,13-14,17H,6-7,9,15H2. The van der Waals surface area contributed by atoms with Crippen molar-refractivity contribution < 1.29 is 9.47 Å². The van der Waals surface area contributed by atoms with Crippen molar-refractivity contribution in [1.29, 1.82) is 0 Å². The number of nitrogens with one attached hydrogen (secondary N) is 1. The van der Waals surface area contributed by atoms with Crippen molar-refractivity contribution in [3.8, 4) is 0 Å². The molecule has 1 aromatic carbocycles. The van der Waals surface area contributed by atoms with E-state index in [2.05, 4.69) is 10.4 Å². The largest absolute Gasteiger partial charge is 0.376 e. The fraction of sp³-hybridized carbons (Fsp3) is 0.357. The van der Waals surface area contributed by atoms with Crippen molar-refractivity contribution in [2.75, 3.05) is 19.8 Å². The Hall–Kier alpha value is -1.53. The Labute approximate surface area is 111 Å². The van der Waals surface area contributed by atoms with E-state index in [0.717, 1.165) is 16.5 Å². The first kappa shape index (κ1) is 12.5. The van der Waals surface area contributed by atoms with Gasteiger partial charge in [0.15, 0.2) is 0 Å². The number of pyridine rings is 1. The van der Waals surface area contributed by atoms with Crippen molar-refractivity contribution in [1.82, 2.24) is 10.4 Å². The lowest BCUT2D eigenvalue weighted by Crippen LogP contribution is -2.43. The molecular formula is C14H17N3O2. The molecule has 1 aliphatic rings. The Kier molecular flexibility index (Phi) is 3.70. The van der Waals surface area contributed by atoms with Crippen LogP contribution >= 0.6 is 0 Å². The fourth-order valence-corrected chi connectivity index (χ4v) is 2.39. The van der Waals surface area contributed by atoms with Crippen LogP contribution in [0.4, 0.5) is 0 Å². The van der Waals surface area contributed by atoms with E-state index in [1.807, 2.05) is 30.3 Å². The van der Waals surface area contributed by atoms with Crippen LogP contribution in [0.3, 0.4) is 0 Å². The first-order chi connectivity index (χ1) is 9.38. The van der Waals surface area contributed by atoms with Gasteiger partial charge in [-0.25, -0.2) is 0 Å². The van der Waals surface area contributed by atoms with E-state index < -0.39 is 0 Å². The summed E-state index contributed by atoms with van der Waals surface area (Å²) >= 11 is 0. The fourth-order valence-electron chi connectivity index (χ4n) is 2.39. The molecule has 0 aliphatic carbocycles. The number of rotatable bonds is 3. The summed E-state index contributed by atoms with van der Waals surface area (Å²) in [6, 6.07) is 10.0. The number of hydrogen-bond donors (Lipinski definition) is 2. The van der Waals surface area contributed by atoms with Crippen LogP contribution in [0.15, 0.2) is 36.5 Å². The molecule has 0 radical (unpaired) electrons. The Balaban J connectivity index is 1.91. The minimum atomic E-state index is -0.0910. The van der Waals surface area contributed by atoms with Crippen LogP contribution in [0.2, 0.25) is 0 Å². The molecular weight excluding hydrogens is 242 g/mol. The van der Waals surface area contributed by atoms with Gasteiger partial charge in [-0.05, 0) is 17.7 Å². The summed E-state index contributed by atoms with van der Waals surface area (Å²) in [5.41, 5.74) is 4.83. The summed E-state index contributed by atoms with van der Waals surface area (Å²) in [5.74, 6) is 5.67. The number of ether oxygens (including phenoxy) is 2. The third-order valence-electron chi connectivity index (χ3n) is 3.38. The zero-order valence-corrected chi connectivity index (χ0v) is 10.6. The molecule has 3 rings (SSSR count). The van der Waals surface area contributed by atoms with Gasteiger partial charge in [-0.1, -0.05) is 18.2 Å². The average Bonchev–Trinajstić information content (AvgIpc) is 2.49. The summed E-state index contributed by atoms with van der Waals surface area (Å²) in [4.78, 5) is 4.36. The molecule has 3 N–H and O–H groups in total. The smallest absolute Gasteiger partial charge is 0.102 e. The Morgan fingerprint density at radius 3 is 3.05 bits per heavy atom. The lowest BCUT2D eigenvalue weighted by Gasteiger charge is -2.30. The van der Waals surface area contributed by atoms with Crippen LogP contribution in [0, 0.1) is 0 Å². The van der Waals surface area contributed by atoms with Gasteiger partial charge < -0.3 is 9.47 Å². The molecule has 0 bridgehead atoms. The number of aromatic nitrogens is 1. The second-order valence-electron chi connectivity index (χ2n) is 4.58. The molecule has 2 atom stereocenters. The molecule has 100 valence electrons. The second-order valence-corrected chi connectivity index (χ2v) is 4.58. The summed E-state index contributed by atoms with van der Waals surface area (Å²) < 4.78 is 11.1. The van der Waals surface area contributed by atoms with Crippen LogP contribution in [-0.2, 0) is 9.47 Å². The van der Waals surface area contributed by atoms with Crippen LogP contribution in [0.1, 0.15) is 11.6 Å². The van der Waals surface area contributed by atoms with E-state index in [4.69, 9.17) is 15.3 Å². The summed E-state index contributed by atoms with van der Waals surface area (Å²) in [7, 11) is 0. The summed E-state index contributed by atoms with van der Waals surface area (Å²) in [6.07, 6.45) is 1.72. The number of hydrogen-bond acceptors (Lipinski definition) is 5. The predicted octanol–water partition coefficient (Wildman–Crippen LogP) is 1.15. The molecule has 0 saturated carbocycles. The number of nitrogens with zero attached hydrogens (tertiary/aromatic N) is 1. The summed E-state index contributed by atoms with van der Waals surface area (Å²) in [6.45, 7) is 1.80. The summed E-state index contributed by atoms with van der Waals surface area (Å²) in [5, 5.41) is 1.11. The topological polar surface area (TPSA) is 69.4 Å². The highest BCUT2D eigenvalue weighted by molar-refractivity contribution is 5.79. The minimum absolute atomic E-state index is 0.0695. The van der Waals surface area contributed by atoms with Crippen molar-refractivity contribution >= 4 is 10.9 Å². The monoisotopic (exact) mass is 259 g/mol. The Morgan fingerprint density at radius 2 is 2.26 bits per heavy atom. The van der Waals surface area contributed by atoms with Gasteiger partial charge in [0.05, 0.1) is 31.4 Å². The lowest BCUT2D eigenvalue weighted by atomic mass is 10.0. The highest BCUT2D eigenvalue weighted by Crippen LogP contribution is 2.23. The average molecular weight is 259 g/mol. The number of benzene rings is 1. The molecule has 1 saturated heterocycles. The normalized spacial score (nSPS) is 21.4. The molecule has 19 heavy (non-hydrogen) atoms. The molecule has 0 amide bonds. The molecule has 5 heteroatoms. The van der Waals surface area contributed by atoms with Crippen molar-refractivity contribution in [2.45, 2.75) is 12.1 Å². The zero-order chi connectivity index (χ0) is 13.1. The molecule has 1 aromatic heterocycles. The van der Waals surface area contributed by atoms with Crippen LogP contribution in [0.25, 0.3) is 10.9 Å². The first-order valence-corrected chi connectivity index (χ1v) is 6.38. The molecule has 2 unspecified atom stereocenters. The van der Waals surface area contributed by atoms with Gasteiger partial charge in [0, 0.05) is 11.6 Å². The molecule has 1 fully saturated rings. The molecule has 2 aromatic rings. The second kappa shape index (κ2) is 5.63. The van der Waals surface area contributed by atoms with Gasteiger partial charge in [0.2, 0.25) is 0 Å². The highest BCUT2D eigenvalue weighted by Gasteiger charge is 2.25. The van der Waals surface area contributed by atoms with Crippen LogP contribution in [0.5, 0.6) is 0 Å². The van der Waals surface area contributed by atoms with Gasteiger partial charge in [0.25, 0.3) is 0 Å². The lowest BCUT2D eigenvalue weighted by molar-refractivity contribution is -0.102. The van der Waals surface area contributed by atoms with Crippen molar-refractivity contribution in [3.63, 3.8) is 0 Å². The van der Waals surface area contributed by atoms with E-state index in [9.17, 15) is 0 Å². The highest BCUT2D eigenvalue weighted by atomic mass is 16.6. The van der Waals surface area contributed by atoms with Gasteiger partial charge in [0.1, 0.15) is 6.10 Å². The van der Waals surface area contributed by atoms with Gasteiger partial charge in [-0.15, -0.1) is 0 Å². The maximum Gasteiger partial charge on any atom is 0.102 e. The third-order valence-corrected chi connectivity index (χ3v) is 3.38. The van der Waals surface area contributed by atoms with E-state index in [1.165, 1.54) is 0 Å². The number of nitrogens with two attached hydrogens (primary N) is 1. The maximum absolute atomic E-state index is 5.71. The molecule has 1 aliphatic heterocycles. The molecule has 5 nitrogen and oxygen atoms in total. The van der Waals surface area contributed by atoms with Crippen LogP contribution in [-0.4, -0.2) is 30.9 Å². The van der Waals surface area contributed by atoms with E-state index in [-0.39, 0.29) is 12.1 Å². The third kappa shape index (κ3) is 2.59. The maximum atomic E-state index is 5.71. The Morgan fingerprint density at radius 1 is 1.32 bits per heavy atom. The predicted molar refractivity (Wildman–Crippen MR) is 72.4 cm³/mol. The first-order valence-electron chi connectivity index (χ1n) is 6.38. The number of fused-ring (bicyclic) bond motifs is 1. The van der Waals surface area contributed by atoms with Gasteiger partial charge in [-0.3, -0.25) is 16.3 Å². The van der Waals surface area contributed by atoms with Crippen molar-refractivity contribution in [3.05, 3.63) is 42.1 Å².